The minimum absolute atomic E-state index is 0.0321. The molecule has 1 atom stereocenters. The van der Waals surface area contributed by atoms with Crippen molar-refractivity contribution in [2.75, 3.05) is 22.6 Å². The largest absolute Gasteiger partial charge is 0.360 e. The number of fused-ring (bicyclic) bond motifs is 2. The molecule has 1 amide bonds. The van der Waals surface area contributed by atoms with Crippen molar-refractivity contribution in [2.45, 2.75) is 25.4 Å². The molecule has 0 aliphatic carbocycles. The molecule has 0 bridgehead atoms. The third kappa shape index (κ3) is 1.65. The summed E-state index contributed by atoms with van der Waals surface area (Å²) in [6.45, 7) is 3.96. The van der Waals surface area contributed by atoms with Gasteiger partial charge in [-0.15, -0.1) is 0 Å². The van der Waals surface area contributed by atoms with Crippen molar-refractivity contribution in [3.05, 3.63) is 47.8 Å². The number of hydrogen-bond donors (Lipinski definition) is 2. The van der Waals surface area contributed by atoms with Crippen LogP contribution in [0.15, 0.2) is 36.7 Å². The van der Waals surface area contributed by atoms with Gasteiger partial charge in [-0.3, -0.25) is 9.78 Å². The normalized spacial score (nSPS) is 21.1. The summed E-state index contributed by atoms with van der Waals surface area (Å²) in [4.78, 5) is 18.2. The van der Waals surface area contributed by atoms with Gasteiger partial charge in [-0.25, -0.2) is 0 Å². The summed E-state index contributed by atoms with van der Waals surface area (Å²) in [6.07, 6.45) is 3.61. The summed E-state index contributed by atoms with van der Waals surface area (Å²) in [5.74, 6) is 0.136. The average molecular weight is 294 g/mol. The maximum atomic E-state index is 12.4. The molecule has 0 saturated carbocycles. The fraction of sp³-hybridized carbons (Fsp3) is 0.294. The number of nitrogens with zero attached hydrogens (tertiary/aromatic N) is 2. The number of benzene rings is 1. The van der Waals surface area contributed by atoms with Gasteiger partial charge < -0.3 is 15.5 Å². The van der Waals surface area contributed by atoms with Crippen molar-refractivity contribution in [2.24, 2.45) is 0 Å². The summed E-state index contributed by atoms with van der Waals surface area (Å²) in [5.41, 5.74) is 4.78. The molecular formula is C17H18N4O. The SMILES string of the molecule is CN1C(=O)C(C)(C)c2cc3c(cc21)NC(c1ccncc1)N3. The van der Waals surface area contributed by atoms with E-state index in [9.17, 15) is 4.79 Å². The number of aromatic nitrogens is 1. The van der Waals surface area contributed by atoms with Gasteiger partial charge in [-0.1, -0.05) is 0 Å². The highest BCUT2D eigenvalue weighted by Crippen LogP contribution is 2.47. The zero-order chi connectivity index (χ0) is 15.5. The van der Waals surface area contributed by atoms with Crippen LogP contribution in [0.3, 0.4) is 0 Å². The lowest BCUT2D eigenvalue weighted by molar-refractivity contribution is -0.121. The van der Waals surface area contributed by atoms with Crippen molar-refractivity contribution >= 4 is 23.0 Å². The minimum Gasteiger partial charge on any atom is -0.360 e. The zero-order valence-electron chi connectivity index (χ0n) is 12.8. The first kappa shape index (κ1) is 13.1. The number of hydrogen-bond acceptors (Lipinski definition) is 4. The summed E-state index contributed by atoms with van der Waals surface area (Å²) in [7, 11) is 1.84. The van der Waals surface area contributed by atoms with Gasteiger partial charge in [0.15, 0.2) is 0 Å². The molecule has 4 rings (SSSR count). The number of likely N-dealkylation sites (N-methyl/N-ethyl adjacent to an activating group) is 1. The second-order valence-corrected chi connectivity index (χ2v) is 6.41. The fourth-order valence-corrected chi connectivity index (χ4v) is 3.32. The number of carbonyl (C=O) groups is 1. The van der Waals surface area contributed by atoms with Gasteiger partial charge in [-0.2, -0.15) is 0 Å². The summed E-state index contributed by atoms with van der Waals surface area (Å²) in [6, 6.07) is 8.14. The Bertz CT molecular complexity index is 770. The Morgan fingerprint density at radius 1 is 1.14 bits per heavy atom. The molecule has 2 aliphatic rings. The molecule has 0 radical (unpaired) electrons. The van der Waals surface area contributed by atoms with Crippen molar-refractivity contribution in [3.63, 3.8) is 0 Å². The minimum atomic E-state index is -0.477. The van der Waals surface area contributed by atoms with E-state index in [0.717, 1.165) is 28.2 Å². The maximum Gasteiger partial charge on any atom is 0.236 e. The number of anilines is 3. The Kier molecular flexibility index (Phi) is 2.52. The number of rotatable bonds is 1. The highest BCUT2D eigenvalue weighted by Gasteiger charge is 2.43. The van der Waals surface area contributed by atoms with Gasteiger partial charge in [0.2, 0.25) is 5.91 Å². The van der Waals surface area contributed by atoms with Crippen LogP contribution in [0.25, 0.3) is 0 Å². The van der Waals surface area contributed by atoms with Gasteiger partial charge in [0, 0.05) is 25.1 Å². The van der Waals surface area contributed by atoms with Gasteiger partial charge in [0.25, 0.3) is 0 Å². The van der Waals surface area contributed by atoms with Crippen molar-refractivity contribution in [3.8, 4) is 0 Å². The lowest BCUT2D eigenvalue weighted by atomic mass is 9.86. The van der Waals surface area contributed by atoms with E-state index in [2.05, 4.69) is 27.8 Å². The predicted octanol–water partition coefficient (Wildman–Crippen LogP) is 2.87. The van der Waals surface area contributed by atoms with Gasteiger partial charge in [0.1, 0.15) is 6.17 Å². The standard InChI is InChI=1S/C17H18N4O/c1-17(2)11-8-12-13(9-14(11)21(3)16(17)22)20-15(19-12)10-4-6-18-7-5-10/h4-9,15,19-20H,1-3H3. The third-order valence-electron chi connectivity index (χ3n) is 4.65. The first-order valence-electron chi connectivity index (χ1n) is 7.38. The van der Waals surface area contributed by atoms with E-state index in [1.54, 1.807) is 17.3 Å². The Labute approximate surface area is 129 Å². The Hall–Kier alpha value is -2.56. The molecule has 0 saturated heterocycles. The molecule has 1 aromatic carbocycles. The lowest BCUT2D eigenvalue weighted by Crippen LogP contribution is -2.33. The van der Waals surface area contributed by atoms with E-state index in [-0.39, 0.29) is 12.1 Å². The van der Waals surface area contributed by atoms with Crippen LogP contribution in [-0.4, -0.2) is 17.9 Å². The highest BCUT2D eigenvalue weighted by molar-refractivity contribution is 6.08. The van der Waals surface area contributed by atoms with Crippen LogP contribution in [0.5, 0.6) is 0 Å². The van der Waals surface area contributed by atoms with E-state index in [0.29, 0.717) is 0 Å². The monoisotopic (exact) mass is 294 g/mol. The van der Waals surface area contributed by atoms with E-state index in [1.165, 1.54) is 0 Å². The number of pyridine rings is 1. The van der Waals surface area contributed by atoms with E-state index >= 15 is 0 Å². The van der Waals surface area contributed by atoms with Gasteiger partial charge in [0.05, 0.1) is 16.8 Å². The highest BCUT2D eigenvalue weighted by atomic mass is 16.2. The molecular weight excluding hydrogens is 276 g/mol. The topological polar surface area (TPSA) is 57.3 Å². The van der Waals surface area contributed by atoms with Crippen molar-refractivity contribution in [1.29, 1.82) is 0 Å². The number of amides is 1. The molecule has 2 N–H and O–H groups in total. The molecule has 2 aliphatic heterocycles. The molecule has 5 heteroatoms. The van der Waals surface area contributed by atoms with Crippen molar-refractivity contribution in [1.82, 2.24) is 4.98 Å². The molecule has 0 fully saturated rings. The zero-order valence-corrected chi connectivity index (χ0v) is 12.8. The third-order valence-corrected chi connectivity index (χ3v) is 4.65. The van der Waals surface area contributed by atoms with Gasteiger partial charge >= 0.3 is 0 Å². The molecule has 112 valence electrons. The average Bonchev–Trinajstić information content (AvgIpc) is 3.01. The van der Waals surface area contributed by atoms with Crippen molar-refractivity contribution < 1.29 is 4.79 Å². The Morgan fingerprint density at radius 2 is 1.77 bits per heavy atom. The van der Waals surface area contributed by atoms with Crippen LogP contribution < -0.4 is 15.5 Å². The van der Waals surface area contributed by atoms with E-state index < -0.39 is 5.41 Å². The van der Waals surface area contributed by atoms with E-state index in [4.69, 9.17) is 0 Å². The first-order chi connectivity index (χ1) is 10.5. The van der Waals surface area contributed by atoms with Crippen LogP contribution in [0.1, 0.15) is 31.1 Å². The van der Waals surface area contributed by atoms with E-state index in [1.807, 2.05) is 33.0 Å². The van der Waals surface area contributed by atoms with Crippen LogP contribution in [0, 0.1) is 0 Å². The summed E-state index contributed by atoms with van der Waals surface area (Å²) >= 11 is 0. The number of carbonyl (C=O) groups excluding carboxylic acids is 1. The Balaban J connectivity index is 1.75. The molecule has 0 spiro atoms. The molecule has 22 heavy (non-hydrogen) atoms. The second kappa shape index (κ2) is 4.22. The summed E-state index contributed by atoms with van der Waals surface area (Å²) < 4.78 is 0. The molecule has 1 aromatic heterocycles. The lowest BCUT2D eigenvalue weighted by Gasteiger charge is -2.16. The summed E-state index contributed by atoms with van der Waals surface area (Å²) in [5, 5.41) is 6.95. The molecule has 5 nitrogen and oxygen atoms in total. The maximum absolute atomic E-state index is 12.4. The predicted molar refractivity (Wildman–Crippen MR) is 87.1 cm³/mol. The van der Waals surface area contributed by atoms with Crippen LogP contribution in [0.2, 0.25) is 0 Å². The fourth-order valence-electron chi connectivity index (χ4n) is 3.32. The molecule has 2 aromatic rings. The molecule has 1 unspecified atom stereocenters. The van der Waals surface area contributed by atoms with Crippen LogP contribution in [-0.2, 0) is 10.2 Å². The smallest absolute Gasteiger partial charge is 0.236 e. The first-order valence-corrected chi connectivity index (χ1v) is 7.38. The van der Waals surface area contributed by atoms with Crippen LogP contribution >= 0.6 is 0 Å². The second-order valence-electron chi connectivity index (χ2n) is 6.41. The number of nitrogens with one attached hydrogen (secondary N) is 2. The quantitative estimate of drug-likeness (QED) is 0.849. The molecule has 3 heterocycles. The Morgan fingerprint density at radius 3 is 2.45 bits per heavy atom. The van der Waals surface area contributed by atoms with Gasteiger partial charge in [-0.05, 0) is 49.2 Å². The van der Waals surface area contributed by atoms with Crippen LogP contribution in [0.4, 0.5) is 17.1 Å².